The van der Waals surface area contributed by atoms with E-state index in [4.69, 9.17) is 11.7 Å². The van der Waals surface area contributed by atoms with Crippen LogP contribution in [0.1, 0.15) is 32.0 Å². The summed E-state index contributed by atoms with van der Waals surface area (Å²) in [4.78, 5) is 2.39. The number of halogens is 1. The maximum Gasteiger partial charge on any atom is 0.190 e. The molecule has 1 fully saturated rings. The SMILES string of the molecule is CC.CC1CN(c2ccc3c(c2)Cn2cc(-c4ccc(F)cc4)cc2/C(=N/N)N3N)CCN1. The maximum atomic E-state index is 13.4. The Hall–Kier alpha value is -3.36. The zero-order valence-corrected chi connectivity index (χ0v) is 19.4. The normalized spacial score (nSPS) is 18.8. The molecule has 1 saturated heterocycles. The summed E-state index contributed by atoms with van der Waals surface area (Å²) in [6, 6.07) is 15.2. The largest absolute Gasteiger partial charge is 0.369 e. The quantitative estimate of drug-likeness (QED) is 0.412. The second-order valence-corrected chi connectivity index (χ2v) is 8.19. The molecule has 1 unspecified atom stereocenters. The molecule has 0 aliphatic carbocycles. The first-order chi connectivity index (χ1) is 16.0. The minimum atomic E-state index is -0.259. The van der Waals surface area contributed by atoms with Gasteiger partial charge in [-0.1, -0.05) is 26.0 Å². The van der Waals surface area contributed by atoms with Gasteiger partial charge in [-0.25, -0.2) is 10.2 Å². The number of hydrogen-bond acceptors (Lipinski definition) is 5. The molecule has 33 heavy (non-hydrogen) atoms. The molecule has 0 radical (unpaired) electrons. The van der Waals surface area contributed by atoms with E-state index in [2.05, 4.69) is 38.9 Å². The average molecular weight is 450 g/mol. The fourth-order valence-electron chi connectivity index (χ4n) is 4.48. The summed E-state index contributed by atoms with van der Waals surface area (Å²) >= 11 is 0. The number of hydrogen-bond donors (Lipinski definition) is 3. The first kappa shape index (κ1) is 22.8. The summed E-state index contributed by atoms with van der Waals surface area (Å²) < 4.78 is 15.5. The van der Waals surface area contributed by atoms with Gasteiger partial charge in [0.2, 0.25) is 0 Å². The lowest BCUT2D eigenvalue weighted by molar-refractivity contribution is 0.485. The molecular formula is C25H32FN7. The van der Waals surface area contributed by atoms with Gasteiger partial charge < -0.3 is 20.6 Å². The van der Waals surface area contributed by atoms with Crippen molar-refractivity contribution in [2.75, 3.05) is 29.5 Å². The van der Waals surface area contributed by atoms with E-state index in [0.29, 0.717) is 18.4 Å². The number of nitrogens with one attached hydrogen (secondary N) is 1. The van der Waals surface area contributed by atoms with Crippen molar-refractivity contribution in [2.24, 2.45) is 16.8 Å². The summed E-state index contributed by atoms with van der Waals surface area (Å²) in [6.07, 6.45) is 2.04. The zero-order chi connectivity index (χ0) is 23.5. The van der Waals surface area contributed by atoms with Crippen LogP contribution in [0.2, 0.25) is 0 Å². The summed E-state index contributed by atoms with van der Waals surface area (Å²) in [5.41, 5.74) is 5.85. The molecule has 2 aromatic carbocycles. The van der Waals surface area contributed by atoms with Crippen molar-refractivity contribution in [3.8, 4) is 11.1 Å². The second-order valence-electron chi connectivity index (χ2n) is 8.19. The number of anilines is 2. The molecule has 2 aliphatic heterocycles. The lowest BCUT2D eigenvalue weighted by Gasteiger charge is -2.34. The first-order valence-electron chi connectivity index (χ1n) is 11.4. The second kappa shape index (κ2) is 9.64. The highest BCUT2D eigenvalue weighted by Gasteiger charge is 2.26. The molecule has 3 heterocycles. The molecule has 0 bridgehead atoms. The molecule has 3 aromatic rings. The number of nitrogens with two attached hydrogens (primary N) is 2. The highest BCUT2D eigenvalue weighted by molar-refractivity contribution is 6.09. The number of fused-ring (bicyclic) bond motifs is 2. The molecule has 1 atom stereocenters. The van der Waals surface area contributed by atoms with Crippen molar-refractivity contribution >= 4 is 17.2 Å². The number of rotatable bonds is 2. The molecule has 2 aliphatic rings. The number of amidine groups is 1. The molecule has 7 nitrogen and oxygen atoms in total. The van der Waals surface area contributed by atoms with Crippen LogP contribution in [-0.2, 0) is 6.54 Å². The number of hydrazine groups is 1. The van der Waals surface area contributed by atoms with E-state index in [9.17, 15) is 4.39 Å². The lowest BCUT2D eigenvalue weighted by atomic mass is 10.1. The standard InChI is InChI=1S/C23H26FN7.C2H6/c1-15-12-29(9-8-27-15)20-6-7-21-18(10-20)14-30-13-17(16-2-4-19(24)5-3-16)11-22(30)23(28-25)31(21)26;1-2/h2-7,10-11,13,15,27H,8-9,12,14,25-26H2,1H3;1-2H3/b28-23-;. The van der Waals surface area contributed by atoms with Crippen LogP contribution in [0.3, 0.4) is 0 Å². The lowest BCUT2D eigenvalue weighted by Crippen LogP contribution is -2.49. The monoisotopic (exact) mass is 449 g/mol. The van der Waals surface area contributed by atoms with Crippen LogP contribution in [0.5, 0.6) is 0 Å². The minimum absolute atomic E-state index is 0.259. The first-order valence-corrected chi connectivity index (χ1v) is 11.4. The average Bonchev–Trinajstić information content (AvgIpc) is 3.20. The topological polar surface area (TPSA) is 87.8 Å². The third-order valence-corrected chi connectivity index (χ3v) is 6.05. The van der Waals surface area contributed by atoms with Crippen LogP contribution in [0.25, 0.3) is 11.1 Å². The highest BCUT2D eigenvalue weighted by atomic mass is 19.1. The Labute approximate surface area is 194 Å². The van der Waals surface area contributed by atoms with Gasteiger partial charge in [0.05, 0.1) is 11.4 Å². The fraction of sp³-hybridized carbons (Fsp3) is 0.320. The summed E-state index contributed by atoms with van der Waals surface area (Å²) in [5, 5.41) is 9.02. The van der Waals surface area contributed by atoms with Gasteiger partial charge in [-0.15, -0.1) is 0 Å². The van der Waals surface area contributed by atoms with Crippen molar-refractivity contribution in [2.45, 2.75) is 33.4 Å². The van der Waals surface area contributed by atoms with Gasteiger partial charge in [0.1, 0.15) is 5.82 Å². The Kier molecular flexibility index (Phi) is 6.67. The van der Waals surface area contributed by atoms with Gasteiger partial charge >= 0.3 is 0 Å². The molecule has 0 amide bonds. The third-order valence-electron chi connectivity index (χ3n) is 6.05. The third kappa shape index (κ3) is 4.44. The van der Waals surface area contributed by atoms with E-state index < -0.39 is 0 Å². The zero-order valence-electron chi connectivity index (χ0n) is 19.4. The summed E-state index contributed by atoms with van der Waals surface area (Å²) in [5.74, 6) is 12.4. The number of aromatic nitrogens is 1. The van der Waals surface area contributed by atoms with Crippen LogP contribution < -0.4 is 26.9 Å². The van der Waals surface area contributed by atoms with Gasteiger partial charge in [0.15, 0.2) is 5.84 Å². The Bertz CT molecular complexity index is 1140. The van der Waals surface area contributed by atoms with E-state index in [-0.39, 0.29) is 5.82 Å². The molecular weight excluding hydrogens is 417 g/mol. The van der Waals surface area contributed by atoms with Crippen LogP contribution in [0.15, 0.2) is 59.8 Å². The van der Waals surface area contributed by atoms with Crippen molar-refractivity contribution in [1.82, 2.24) is 9.88 Å². The predicted octanol–water partition coefficient (Wildman–Crippen LogP) is 3.48. The van der Waals surface area contributed by atoms with Gasteiger partial charge in [-0.05, 0) is 54.4 Å². The van der Waals surface area contributed by atoms with E-state index in [1.165, 1.54) is 17.8 Å². The van der Waals surface area contributed by atoms with Crippen molar-refractivity contribution in [3.63, 3.8) is 0 Å². The van der Waals surface area contributed by atoms with Gasteiger partial charge in [0, 0.05) is 49.7 Å². The predicted molar refractivity (Wildman–Crippen MR) is 134 cm³/mol. The van der Waals surface area contributed by atoms with Gasteiger partial charge in [-0.3, -0.25) is 5.01 Å². The van der Waals surface area contributed by atoms with Crippen molar-refractivity contribution in [1.29, 1.82) is 0 Å². The number of nitrogens with zero attached hydrogens (tertiary/aromatic N) is 4. The Morgan fingerprint density at radius 3 is 2.52 bits per heavy atom. The fourth-order valence-corrected chi connectivity index (χ4v) is 4.48. The molecule has 5 N–H and O–H groups in total. The number of piperazine rings is 1. The van der Waals surface area contributed by atoms with E-state index in [1.54, 1.807) is 17.1 Å². The van der Waals surface area contributed by atoms with Crippen LogP contribution in [0.4, 0.5) is 15.8 Å². The van der Waals surface area contributed by atoms with Crippen LogP contribution in [0, 0.1) is 5.82 Å². The van der Waals surface area contributed by atoms with Gasteiger partial charge in [0.25, 0.3) is 0 Å². The molecule has 8 heteroatoms. The minimum Gasteiger partial charge on any atom is -0.369 e. The van der Waals surface area contributed by atoms with E-state index >= 15 is 0 Å². The Morgan fingerprint density at radius 1 is 1.06 bits per heavy atom. The Morgan fingerprint density at radius 2 is 1.82 bits per heavy atom. The molecule has 0 spiro atoms. The van der Waals surface area contributed by atoms with Crippen molar-refractivity contribution in [3.05, 3.63) is 71.8 Å². The molecule has 5 rings (SSSR count). The van der Waals surface area contributed by atoms with Crippen LogP contribution >= 0.6 is 0 Å². The summed E-state index contributed by atoms with van der Waals surface area (Å²) in [7, 11) is 0. The van der Waals surface area contributed by atoms with Gasteiger partial charge in [-0.2, -0.15) is 5.10 Å². The Balaban J connectivity index is 0.00000126. The molecule has 1 aromatic heterocycles. The number of hydrazone groups is 1. The van der Waals surface area contributed by atoms with Crippen molar-refractivity contribution < 1.29 is 4.39 Å². The van der Waals surface area contributed by atoms with E-state index in [1.807, 2.05) is 32.2 Å². The maximum absolute atomic E-state index is 13.4. The summed E-state index contributed by atoms with van der Waals surface area (Å²) in [6.45, 7) is 9.73. The molecule has 0 saturated carbocycles. The smallest absolute Gasteiger partial charge is 0.190 e. The van der Waals surface area contributed by atoms with Crippen LogP contribution in [-0.4, -0.2) is 36.1 Å². The highest BCUT2D eigenvalue weighted by Crippen LogP contribution is 2.32. The molecule has 174 valence electrons. The van der Waals surface area contributed by atoms with E-state index in [0.717, 1.165) is 47.7 Å². The number of benzene rings is 2.